The summed E-state index contributed by atoms with van der Waals surface area (Å²) in [5.74, 6) is -0.379. The highest BCUT2D eigenvalue weighted by atomic mass is 16.2. The fraction of sp³-hybridized carbons (Fsp3) is 0.0500. The van der Waals surface area contributed by atoms with Crippen molar-refractivity contribution in [2.45, 2.75) is 6.92 Å². The van der Waals surface area contributed by atoms with E-state index in [1.165, 1.54) is 0 Å². The van der Waals surface area contributed by atoms with Gasteiger partial charge in [0.1, 0.15) is 0 Å². The van der Waals surface area contributed by atoms with Crippen LogP contribution in [0.25, 0.3) is 0 Å². The lowest BCUT2D eigenvalue weighted by Crippen LogP contribution is -2.13. The molecular weight excluding hydrogens is 314 g/mol. The van der Waals surface area contributed by atoms with Gasteiger partial charge < -0.3 is 10.6 Å². The van der Waals surface area contributed by atoms with Crippen LogP contribution < -0.4 is 10.6 Å². The summed E-state index contributed by atoms with van der Waals surface area (Å²) in [6.45, 7) is 1.94. The number of carbonyl (C=O) groups excluding carboxylic acids is 2. The van der Waals surface area contributed by atoms with Gasteiger partial charge in [-0.1, -0.05) is 17.7 Å². The van der Waals surface area contributed by atoms with Crippen molar-refractivity contribution in [1.82, 2.24) is 4.98 Å². The van der Waals surface area contributed by atoms with E-state index in [1.54, 1.807) is 54.9 Å². The predicted octanol–water partition coefficient (Wildman–Crippen LogP) is 3.89. The van der Waals surface area contributed by atoms with E-state index < -0.39 is 0 Å². The quantitative estimate of drug-likeness (QED) is 0.762. The Balaban J connectivity index is 1.64. The molecule has 0 aliphatic rings. The van der Waals surface area contributed by atoms with Crippen LogP contribution in [0.4, 0.5) is 11.4 Å². The van der Waals surface area contributed by atoms with E-state index in [0.29, 0.717) is 22.5 Å². The van der Waals surface area contributed by atoms with E-state index >= 15 is 0 Å². The summed E-state index contributed by atoms with van der Waals surface area (Å²) in [5, 5.41) is 5.64. The first-order chi connectivity index (χ1) is 12.1. The average molecular weight is 331 g/mol. The molecule has 0 radical (unpaired) electrons. The van der Waals surface area contributed by atoms with E-state index in [-0.39, 0.29) is 11.8 Å². The molecule has 1 heterocycles. The third-order valence-electron chi connectivity index (χ3n) is 3.62. The van der Waals surface area contributed by atoms with Gasteiger partial charge in [-0.25, -0.2) is 0 Å². The van der Waals surface area contributed by atoms with Crippen LogP contribution in [0, 0.1) is 6.92 Å². The second kappa shape index (κ2) is 7.40. The van der Waals surface area contributed by atoms with Crippen molar-refractivity contribution in [2.24, 2.45) is 0 Å². The maximum absolute atomic E-state index is 12.2. The maximum Gasteiger partial charge on any atom is 0.255 e. The number of amides is 2. The van der Waals surface area contributed by atoms with Crippen molar-refractivity contribution in [3.05, 3.63) is 89.7 Å². The Kier molecular flexibility index (Phi) is 4.85. The molecule has 0 spiro atoms. The second-order valence-corrected chi connectivity index (χ2v) is 5.59. The van der Waals surface area contributed by atoms with Gasteiger partial charge in [0.25, 0.3) is 11.8 Å². The normalized spacial score (nSPS) is 10.1. The summed E-state index contributed by atoms with van der Waals surface area (Å²) in [5.41, 5.74) is 3.48. The minimum atomic E-state index is -0.209. The lowest BCUT2D eigenvalue weighted by Gasteiger charge is -2.08. The third kappa shape index (κ3) is 4.29. The number of hydrogen-bond donors (Lipinski definition) is 2. The number of nitrogens with zero attached hydrogens (tertiary/aromatic N) is 1. The highest BCUT2D eigenvalue weighted by Crippen LogP contribution is 2.16. The minimum Gasteiger partial charge on any atom is -0.322 e. The van der Waals surface area contributed by atoms with Crippen LogP contribution in [0.2, 0.25) is 0 Å². The zero-order chi connectivity index (χ0) is 17.6. The third-order valence-corrected chi connectivity index (χ3v) is 3.62. The number of pyridine rings is 1. The fourth-order valence-corrected chi connectivity index (χ4v) is 2.33. The summed E-state index contributed by atoms with van der Waals surface area (Å²) in [6.07, 6.45) is 3.14. The molecule has 0 unspecified atom stereocenters. The van der Waals surface area contributed by atoms with Crippen LogP contribution in [0.15, 0.2) is 73.1 Å². The first-order valence-electron chi connectivity index (χ1n) is 7.81. The van der Waals surface area contributed by atoms with Gasteiger partial charge in [0.15, 0.2) is 0 Å². The highest BCUT2D eigenvalue weighted by Gasteiger charge is 2.07. The molecule has 124 valence electrons. The molecule has 5 heteroatoms. The molecule has 0 saturated carbocycles. The van der Waals surface area contributed by atoms with Crippen LogP contribution in [0.5, 0.6) is 0 Å². The van der Waals surface area contributed by atoms with Crippen LogP contribution in [0.1, 0.15) is 26.3 Å². The molecule has 2 aromatic carbocycles. The van der Waals surface area contributed by atoms with E-state index in [9.17, 15) is 9.59 Å². The Morgan fingerprint density at radius 2 is 1.32 bits per heavy atom. The summed E-state index contributed by atoms with van der Waals surface area (Å²) >= 11 is 0. The van der Waals surface area contributed by atoms with Gasteiger partial charge in [-0.05, 0) is 55.5 Å². The van der Waals surface area contributed by atoms with Gasteiger partial charge in [0, 0.05) is 34.9 Å². The fourth-order valence-electron chi connectivity index (χ4n) is 2.33. The number of rotatable bonds is 4. The molecule has 0 atom stereocenters. The Labute approximate surface area is 145 Å². The number of aryl methyl sites for hydroxylation is 1. The van der Waals surface area contributed by atoms with Crippen molar-refractivity contribution in [2.75, 3.05) is 10.6 Å². The first-order valence-corrected chi connectivity index (χ1v) is 7.81. The largest absolute Gasteiger partial charge is 0.322 e. The number of hydrogen-bond acceptors (Lipinski definition) is 3. The summed E-state index contributed by atoms with van der Waals surface area (Å²) in [7, 11) is 0. The monoisotopic (exact) mass is 331 g/mol. The minimum absolute atomic E-state index is 0.169. The Morgan fingerprint density at radius 1 is 0.760 bits per heavy atom. The van der Waals surface area contributed by atoms with Crippen LogP contribution in [-0.4, -0.2) is 16.8 Å². The van der Waals surface area contributed by atoms with Crippen LogP contribution in [-0.2, 0) is 0 Å². The number of anilines is 2. The molecule has 0 saturated heterocycles. The Morgan fingerprint density at radius 3 is 1.88 bits per heavy atom. The molecule has 0 aliphatic carbocycles. The van der Waals surface area contributed by atoms with Gasteiger partial charge in [-0.3, -0.25) is 14.6 Å². The zero-order valence-electron chi connectivity index (χ0n) is 13.7. The second-order valence-electron chi connectivity index (χ2n) is 5.59. The molecule has 2 amide bonds. The summed E-state index contributed by atoms with van der Waals surface area (Å²) < 4.78 is 0. The predicted molar refractivity (Wildman–Crippen MR) is 97.8 cm³/mol. The first kappa shape index (κ1) is 16.4. The number of carbonyl (C=O) groups is 2. The molecule has 0 fully saturated rings. The smallest absolute Gasteiger partial charge is 0.255 e. The molecule has 5 nitrogen and oxygen atoms in total. The topological polar surface area (TPSA) is 71.1 Å². The van der Waals surface area contributed by atoms with E-state index in [0.717, 1.165) is 5.56 Å². The number of benzene rings is 2. The van der Waals surface area contributed by atoms with Crippen molar-refractivity contribution >= 4 is 23.2 Å². The highest BCUT2D eigenvalue weighted by molar-refractivity contribution is 6.05. The van der Waals surface area contributed by atoms with E-state index in [4.69, 9.17) is 0 Å². The van der Waals surface area contributed by atoms with Crippen molar-refractivity contribution < 1.29 is 9.59 Å². The molecule has 3 rings (SSSR count). The molecule has 3 aromatic rings. The molecule has 0 bridgehead atoms. The number of aromatic nitrogens is 1. The Bertz CT molecular complexity index is 890. The summed E-state index contributed by atoms with van der Waals surface area (Å²) in [6, 6.07) is 17.7. The average Bonchev–Trinajstić information content (AvgIpc) is 2.64. The van der Waals surface area contributed by atoms with Gasteiger partial charge in [0.05, 0.1) is 0 Å². The molecule has 2 N–H and O–H groups in total. The van der Waals surface area contributed by atoms with E-state index in [1.807, 2.05) is 25.1 Å². The molecule has 1 aromatic heterocycles. The van der Waals surface area contributed by atoms with Gasteiger partial charge >= 0.3 is 0 Å². The van der Waals surface area contributed by atoms with Gasteiger partial charge in [0.2, 0.25) is 0 Å². The lowest BCUT2D eigenvalue weighted by molar-refractivity contribution is 0.101. The van der Waals surface area contributed by atoms with Crippen molar-refractivity contribution in [3.63, 3.8) is 0 Å². The molecule has 25 heavy (non-hydrogen) atoms. The maximum atomic E-state index is 12.2. The summed E-state index contributed by atoms with van der Waals surface area (Å²) in [4.78, 5) is 28.2. The van der Waals surface area contributed by atoms with Gasteiger partial charge in [-0.15, -0.1) is 0 Å². The van der Waals surface area contributed by atoms with Crippen LogP contribution >= 0.6 is 0 Å². The molecular formula is C20H17N3O2. The van der Waals surface area contributed by atoms with E-state index in [2.05, 4.69) is 15.6 Å². The van der Waals surface area contributed by atoms with Crippen molar-refractivity contribution in [1.29, 1.82) is 0 Å². The van der Waals surface area contributed by atoms with Crippen molar-refractivity contribution in [3.8, 4) is 0 Å². The number of nitrogens with one attached hydrogen (secondary N) is 2. The SMILES string of the molecule is Cc1cccc(C(=O)Nc2ccc(NC(=O)c3ccncc3)cc2)c1. The Hall–Kier alpha value is -3.47. The standard InChI is InChI=1S/C20H17N3O2/c1-14-3-2-4-16(13-14)20(25)23-18-7-5-17(6-8-18)22-19(24)15-9-11-21-12-10-15/h2-13H,1H3,(H,22,24)(H,23,25). The lowest BCUT2D eigenvalue weighted by atomic mass is 10.1. The van der Waals surface area contributed by atoms with Gasteiger partial charge in [-0.2, -0.15) is 0 Å². The van der Waals surface area contributed by atoms with Crippen LogP contribution in [0.3, 0.4) is 0 Å². The molecule has 0 aliphatic heterocycles. The zero-order valence-corrected chi connectivity index (χ0v) is 13.7.